The number of hydrogen-bond acceptors (Lipinski definition) is 2. The van der Waals surface area contributed by atoms with Crippen LogP contribution in [0, 0.1) is 5.82 Å². The minimum atomic E-state index is -0.301. The molecule has 0 saturated carbocycles. The van der Waals surface area contributed by atoms with Gasteiger partial charge in [0.05, 0.1) is 0 Å². The lowest BCUT2D eigenvalue weighted by Crippen LogP contribution is -1.95. The van der Waals surface area contributed by atoms with Crippen molar-refractivity contribution in [1.29, 1.82) is 0 Å². The number of benzene rings is 2. The molecule has 102 valence electrons. The number of aryl methyl sites for hydroxylation is 1. The highest BCUT2D eigenvalue weighted by atomic mass is 19.1. The predicted octanol–water partition coefficient (Wildman–Crippen LogP) is 3.48. The summed E-state index contributed by atoms with van der Waals surface area (Å²) in [6, 6.07) is 11.9. The molecule has 0 saturated heterocycles. The molecule has 0 radical (unpaired) electrons. The van der Waals surface area contributed by atoms with E-state index in [4.69, 9.17) is 10.5 Å². The molecule has 0 spiro atoms. The second kappa shape index (κ2) is 4.89. The first-order valence-electron chi connectivity index (χ1n) is 6.35. The molecule has 4 heteroatoms. The van der Waals surface area contributed by atoms with Gasteiger partial charge in [-0.2, -0.15) is 0 Å². The van der Waals surface area contributed by atoms with Crippen LogP contribution in [-0.4, -0.2) is 4.57 Å². The number of rotatable bonds is 3. The molecule has 20 heavy (non-hydrogen) atoms. The van der Waals surface area contributed by atoms with Gasteiger partial charge in [0.2, 0.25) is 0 Å². The van der Waals surface area contributed by atoms with E-state index in [-0.39, 0.29) is 5.82 Å². The molecule has 3 aromatic rings. The summed E-state index contributed by atoms with van der Waals surface area (Å²) < 4.78 is 20.8. The highest BCUT2D eigenvalue weighted by Crippen LogP contribution is 2.24. The minimum Gasteiger partial charge on any atom is -0.489 e. The van der Waals surface area contributed by atoms with Gasteiger partial charge in [-0.25, -0.2) is 4.39 Å². The molecule has 3 nitrogen and oxygen atoms in total. The van der Waals surface area contributed by atoms with Gasteiger partial charge in [0.1, 0.15) is 18.2 Å². The Hall–Kier alpha value is -2.49. The number of nitrogens with zero attached hydrogens (tertiary/aromatic N) is 1. The molecule has 3 rings (SSSR count). The number of anilines is 1. The molecule has 0 atom stereocenters. The maximum atomic E-state index is 13.1. The molecule has 0 aliphatic heterocycles. The summed E-state index contributed by atoms with van der Waals surface area (Å²) in [6.07, 6.45) is 2.00. The fourth-order valence-corrected chi connectivity index (χ4v) is 2.32. The monoisotopic (exact) mass is 270 g/mol. The van der Waals surface area contributed by atoms with Gasteiger partial charge >= 0.3 is 0 Å². The third-order valence-electron chi connectivity index (χ3n) is 3.29. The Labute approximate surface area is 116 Å². The van der Waals surface area contributed by atoms with Crippen LogP contribution in [0.4, 0.5) is 10.1 Å². The molecule has 1 aromatic heterocycles. The predicted molar refractivity (Wildman–Crippen MR) is 78.1 cm³/mol. The molecule has 0 aliphatic rings. The Bertz CT molecular complexity index is 764. The normalized spacial score (nSPS) is 10.9. The quantitative estimate of drug-likeness (QED) is 0.740. The van der Waals surface area contributed by atoms with Crippen molar-refractivity contribution in [1.82, 2.24) is 4.57 Å². The number of ether oxygens (including phenoxy) is 1. The average Bonchev–Trinajstić information content (AvgIpc) is 2.73. The smallest absolute Gasteiger partial charge is 0.126 e. The van der Waals surface area contributed by atoms with Gasteiger partial charge in [0.25, 0.3) is 0 Å². The summed E-state index contributed by atoms with van der Waals surface area (Å²) in [5.74, 6) is 0.218. The Morgan fingerprint density at radius 1 is 1.20 bits per heavy atom. The topological polar surface area (TPSA) is 40.2 Å². The number of nitrogens with two attached hydrogens (primary N) is 1. The molecule has 0 fully saturated rings. The van der Waals surface area contributed by atoms with Crippen LogP contribution in [-0.2, 0) is 13.7 Å². The Morgan fingerprint density at radius 2 is 2.05 bits per heavy atom. The van der Waals surface area contributed by atoms with Crippen molar-refractivity contribution in [3.8, 4) is 5.75 Å². The van der Waals surface area contributed by atoms with Crippen molar-refractivity contribution in [2.24, 2.45) is 7.05 Å². The van der Waals surface area contributed by atoms with Gasteiger partial charge in [-0.1, -0.05) is 6.07 Å². The molecule has 0 unspecified atom stereocenters. The van der Waals surface area contributed by atoms with Crippen molar-refractivity contribution < 1.29 is 9.13 Å². The van der Waals surface area contributed by atoms with Crippen molar-refractivity contribution >= 4 is 16.6 Å². The maximum absolute atomic E-state index is 13.1. The molecular formula is C16H15FN2O. The van der Waals surface area contributed by atoms with E-state index in [1.165, 1.54) is 12.1 Å². The summed E-state index contributed by atoms with van der Waals surface area (Å²) in [5, 5.41) is 1.06. The summed E-state index contributed by atoms with van der Waals surface area (Å²) in [7, 11) is 1.98. The summed E-state index contributed by atoms with van der Waals surface area (Å²) in [5.41, 5.74) is 8.67. The van der Waals surface area contributed by atoms with Crippen molar-refractivity contribution in [3.63, 3.8) is 0 Å². The first kappa shape index (κ1) is 12.5. The van der Waals surface area contributed by atoms with E-state index in [9.17, 15) is 4.39 Å². The number of aromatic nitrogens is 1. The maximum Gasteiger partial charge on any atom is 0.126 e. The average molecular weight is 270 g/mol. The van der Waals surface area contributed by atoms with E-state index >= 15 is 0 Å². The van der Waals surface area contributed by atoms with Crippen LogP contribution in [0.1, 0.15) is 5.56 Å². The SMILES string of the molecule is Cn1cc(COc2cccc(F)c2)c2cc(N)ccc21. The van der Waals surface area contributed by atoms with Gasteiger partial charge in [0, 0.05) is 41.5 Å². The van der Waals surface area contributed by atoms with Crippen molar-refractivity contribution in [2.45, 2.75) is 6.61 Å². The van der Waals surface area contributed by atoms with Gasteiger partial charge in [-0.05, 0) is 30.3 Å². The summed E-state index contributed by atoms with van der Waals surface area (Å²) in [6.45, 7) is 0.379. The number of fused-ring (bicyclic) bond motifs is 1. The van der Waals surface area contributed by atoms with Gasteiger partial charge in [-0.3, -0.25) is 0 Å². The van der Waals surface area contributed by atoms with Gasteiger partial charge in [-0.15, -0.1) is 0 Å². The van der Waals surface area contributed by atoms with E-state index < -0.39 is 0 Å². The Morgan fingerprint density at radius 3 is 2.85 bits per heavy atom. The Kier molecular flexibility index (Phi) is 3.06. The lowest BCUT2D eigenvalue weighted by Gasteiger charge is -2.05. The van der Waals surface area contributed by atoms with Crippen LogP contribution in [0.25, 0.3) is 10.9 Å². The molecule has 0 aliphatic carbocycles. The highest BCUT2D eigenvalue weighted by molar-refractivity contribution is 5.86. The van der Waals surface area contributed by atoms with E-state index in [1.54, 1.807) is 12.1 Å². The third-order valence-corrected chi connectivity index (χ3v) is 3.29. The van der Waals surface area contributed by atoms with Crippen LogP contribution in [0.15, 0.2) is 48.7 Å². The fraction of sp³-hybridized carbons (Fsp3) is 0.125. The van der Waals surface area contributed by atoms with E-state index in [2.05, 4.69) is 0 Å². The largest absolute Gasteiger partial charge is 0.489 e. The minimum absolute atomic E-state index is 0.301. The first-order chi connectivity index (χ1) is 9.63. The third kappa shape index (κ3) is 2.32. The summed E-state index contributed by atoms with van der Waals surface area (Å²) >= 11 is 0. The molecule has 0 bridgehead atoms. The zero-order valence-electron chi connectivity index (χ0n) is 11.1. The van der Waals surface area contributed by atoms with Crippen LogP contribution in [0.2, 0.25) is 0 Å². The lowest BCUT2D eigenvalue weighted by atomic mass is 10.1. The van der Waals surface area contributed by atoms with Gasteiger partial charge < -0.3 is 15.0 Å². The van der Waals surface area contributed by atoms with Crippen LogP contribution in [0.3, 0.4) is 0 Å². The van der Waals surface area contributed by atoms with E-state index in [1.807, 2.05) is 36.0 Å². The standard InChI is InChI=1S/C16H15FN2O/c1-19-9-11(15-8-13(18)5-6-16(15)19)10-20-14-4-2-3-12(17)7-14/h2-9H,10,18H2,1H3. The zero-order chi connectivity index (χ0) is 14.1. The summed E-state index contributed by atoms with van der Waals surface area (Å²) in [4.78, 5) is 0. The lowest BCUT2D eigenvalue weighted by molar-refractivity contribution is 0.306. The second-order valence-electron chi connectivity index (χ2n) is 4.79. The Balaban J connectivity index is 1.89. The zero-order valence-corrected chi connectivity index (χ0v) is 11.1. The van der Waals surface area contributed by atoms with Crippen LogP contribution in [0.5, 0.6) is 5.75 Å². The number of hydrogen-bond donors (Lipinski definition) is 1. The van der Waals surface area contributed by atoms with Crippen molar-refractivity contribution in [2.75, 3.05) is 5.73 Å². The fourth-order valence-electron chi connectivity index (χ4n) is 2.32. The second-order valence-corrected chi connectivity index (χ2v) is 4.79. The van der Waals surface area contributed by atoms with E-state index in [0.29, 0.717) is 12.4 Å². The number of nitrogen functional groups attached to an aromatic ring is 1. The molecule has 2 N–H and O–H groups in total. The van der Waals surface area contributed by atoms with Crippen LogP contribution < -0.4 is 10.5 Å². The number of halogens is 1. The van der Waals surface area contributed by atoms with E-state index in [0.717, 1.165) is 22.2 Å². The highest BCUT2D eigenvalue weighted by Gasteiger charge is 2.07. The molecule has 0 amide bonds. The van der Waals surface area contributed by atoms with Gasteiger partial charge in [0.15, 0.2) is 0 Å². The molecular weight excluding hydrogens is 255 g/mol. The molecule has 2 aromatic carbocycles. The first-order valence-corrected chi connectivity index (χ1v) is 6.35. The van der Waals surface area contributed by atoms with Crippen LogP contribution >= 0.6 is 0 Å². The molecule has 1 heterocycles. The van der Waals surface area contributed by atoms with Crippen molar-refractivity contribution in [3.05, 3.63) is 60.0 Å².